The highest BCUT2D eigenvalue weighted by Crippen LogP contribution is 2.46. The SMILES string of the molecule is CCCC(CCC)OC1=CC=CC(CN(C)C(N)=O)(C2CCC(N)CC2)C1. The van der Waals surface area contributed by atoms with Crippen LogP contribution < -0.4 is 11.5 Å². The van der Waals surface area contributed by atoms with E-state index in [0.717, 1.165) is 63.5 Å². The molecule has 1 atom stereocenters. The highest BCUT2D eigenvalue weighted by molar-refractivity contribution is 5.71. The summed E-state index contributed by atoms with van der Waals surface area (Å²) in [6.07, 6.45) is 16.4. The highest BCUT2D eigenvalue weighted by atomic mass is 16.5. The van der Waals surface area contributed by atoms with E-state index in [1.807, 2.05) is 0 Å². The van der Waals surface area contributed by atoms with Crippen molar-refractivity contribution in [2.75, 3.05) is 13.6 Å². The van der Waals surface area contributed by atoms with Gasteiger partial charge in [0, 0.05) is 31.5 Å². The Kier molecular flexibility index (Phi) is 8.21. The van der Waals surface area contributed by atoms with Crippen molar-refractivity contribution in [1.29, 1.82) is 0 Å². The topological polar surface area (TPSA) is 81.6 Å². The van der Waals surface area contributed by atoms with Gasteiger partial charge in [0.2, 0.25) is 0 Å². The molecule has 0 aromatic rings. The average Bonchev–Trinajstić information content (AvgIpc) is 2.63. The Balaban J connectivity index is 2.17. The standard InChI is InChI=1S/C22H39N3O2/c1-4-7-19(8-5-2)27-20-9-6-14-22(15-20,16-25(3)21(24)26)17-10-12-18(23)13-11-17/h6,9,14,17-19H,4-5,7-8,10-13,15-16,23H2,1-3H3,(H2,24,26). The number of ether oxygens (including phenoxy) is 1. The van der Waals surface area contributed by atoms with Crippen molar-refractivity contribution in [3.63, 3.8) is 0 Å². The van der Waals surface area contributed by atoms with Crippen molar-refractivity contribution < 1.29 is 9.53 Å². The van der Waals surface area contributed by atoms with Crippen molar-refractivity contribution in [1.82, 2.24) is 4.90 Å². The molecule has 0 radical (unpaired) electrons. The summed E-state index contributed by atoms with van der Waals surface area (Å²) in [4.78, 5) is 13.4. The molecular weight excluding hydrogens is 338 g/mol. The van der Waals surface area contributed by atoms with E-state index in [4.69, 9.17) is 16.2 Å². The van der Waals surface area contributed by atoms with Crippen LogP contribution in [0, 0.1) is 11.3 Å². The minimum Gasteiger partial charge on any atom is -0.495 e. The fourth-order valence-corrected chi connectivity index (χ4v) is 4.72. The van der Waals surface area contributed by atoms with Crippen LogP contribution in [0.4, 0.5) is 4.79 Å². The molecule has 0 spiro atoms. The molecule has 2 aliphatic carbocycles. The van der Waals surface area contributed by atoms with Gasteiger partial charge in [-0.15, -0.1) is 0 Å². The molecule has 0 aromatic heterocycles. The fourth-order valence-electron chi connectivity index (χ4n) is 4.72. The number of rotatable bonds is 9. The molecule has 2 aliphatic rings. The lowest BCUT2D eigenvalue weighted by molar-refractivity contribution is 0.0545. The largest absolute Gasteiger partial charge is 0.495 e. The van der Waals surface area contributed by atoms with E-state index in [1.165, 1.54) is 0 Å². The van der Waals surface area contributed by atoms with E-state index in [0.29, 0.717) is 18.5 Å². The number of nitrogens with zero attached hydrogens (tertiary/aromatic N) is 1. The Bertz CT molecular complexity index is 532. The summed E-state index contributed by atoms with van der Waals surface area (Å²) in [5.74, 6) is 1.55. The van der Waals surface area contributed by atoms with Crippen LogP contribution in [0.15, 0.2) is 24.0 Å². The maximum absolute atomic E-state index is 11.7. The summed E-state index contributed by atoms with van der Waals surface area (Å²) in [5.41, 5.74) is 11.6. The van der Waals surface area contributed by atoms with Gasteiger partial charge in [-0.1, -0.05) is 38.8 Å². The van der Waals surface area contributed by atoms with Crippen molar-refractivity contribution in [2.24, 2.45) is 22.8 Å². The average molecular weight is 378 g/mol. The zero-order valence-electron chi connectivity index (χ0n) is 17.5. The minimum atomic E-state index is -0.373. The zero-order chi connectivity index (χ0) is 19.9. The summed E-state index contributed by atoms with van der Waals surface area (Å²) < 4.78 is 6.43. The van der Waals surface area contributed by atoms with E-state index >= 15 is 0 Å². The summed E-state index contributed by atoms with van der Waals surface area (Å²) >= 11 is 0. The van der Waals surface area contributed by atoms with Gasteiger partial charge in [0.25, 0.3) is 0 Å². The van der Waals surface area contributed by atoms with E-state index in [9.17, 15) is 4.79 Å². The van der Waals surface area contributed by atoms with Gasteiger partial charge in [0.1, 0.15) is 0 Å². The van der Waals surface area contributed by atoms with Crippen molar-refractivity contribution in [3.8, 4) is 0 Å². The first-order valence-corrected chi connectivity index (χ1v) is 10.7. The van der Waals surface area contributed by atoms with Crippen molar-refractivity contribution >= 4 is 6.03 Å². The molecule has 1 saturated carbocycles. The number of urea groups is 1. The molecule has 27 heavy (non-hydrogen) atoms. The Morgan fingerprint density at radius 2 is 1.89 bits per heavy atom. The third kappa shape index (κ3) is 6.00. The van der Waals surface area contributed by atoms with Crippen LogP contribution in [0.1, 0.15) is 71.6 Å². The van der Waals surface area contributed by atoms with Gasteiger partial charge in [-0.2, -0.15) is 0 Å². The molecule has 1 fully saturated rings. The predicted octanol–water partition coefficient (Wildman–Crippen LogP) is 4.33. The van der Waals surface area contributed by atoms with Crippen molar-refractivity contribution in [2.45, 2.75) is 83.8 Å². The number of primary amides is 1. The van der Waals surface area contributed by atoms with Crippen LogP contribution >= 0.6 is 0 Å². The Morgan fingerprint density at radius 1 is 1.26 bits per heavy atom. The van der Waals surface area contributed by atoms with E-state index in [2.05, 4.69) is 32.1 Å². The Labute approximate surface area is 165 Å². The lowest BCUT2D eigenvalue weighted by Crippen LogP contribution is -2.47. The van der Waals surface area contributed by atoms with Gasteiger partial charge in [-0.25, -0.2) is 4.79 Å². The van der Waals surface area contributed by atoms with Crippen LogP contribution in [-0.4, -0.2) is 36.7 Å². The van der Waals surface area contributed by atoms with Crippen LogP contribution in [0.25, 0.3) is 0 Å². The Hall–Kier alpha value is -1.49. The predicted molar refractivity (Wildman–Crippen MR) is 111 cm³/mol. The van der Waals surface area contributed by atoms with Gasteiger partial charge in [0.15, 0.2) is 0 Å². The van der Waals surface area contributed by atoms with Crippen molar-refractivity contribution in [3.05, 3.63) is 24.0 Å². The zero-order valence-corrected chi connectivity index (χ0v) is 17.5. The van der Waals surface area contributed by atoms with Crippen LogP contribution in [-0.2, 0) is 4.74 Å². The molecule has 4 N–H and O–H groups in total. The minimum absolute atomic E-state index is 0.114. The van der Waals surface area contributed by atoms with Crippen LogP contribution in [0.3, 0.4) is 0 Å². The lowest BCUT2D eigenvalue weighted by Gasteiger charge is -2.45. The number of hydrogen-bond acceptors (Lipinski definition) is 3. The summed E-state index contributed by atoms with van der Waals surface area (Å²) in [6.45, 7) is 5.04. The molecule has 0 heterocycles. The fraction of sp³-hybridized carbons (Fsp3) is 0.773. The molecule has 2 amide bonds. The molecule has 154 valence electrons. The second-order valence-electron chi connectivity index (χ2n) is 8.53. The number of carbonyl (C=O) groups is 1. The molecule has 0 aromatic carbocycles. The molecule has 5 nitrogen and oxygen atoms in total. The maximum atomic E-state index is 11.7. The molecular formula is C22H39N3O2. The number of hydrogen-bond donors (Lipinski definition) is 2. The van der Waals surface area contributed by atoms with E-state index in [1.54, 1.807) is 11.9 Å². The third-order valence-electron chi connectivity index (χ3n) is 6.25. The first-order valence-electron chi connectivity index (χ1n) is 10.7. The van der Waals surface area contributed by atoms with Gasteiger partial charge in [0.05, 0.1) is 11.9 Å². The van der Waals surface area contributed by atoms with Gasteiger partial charge < -0.3 is 21.1 Å². The quantitative estimate of drug-likeness (QED) is 0.627. The molecule has 2 rings (SSSR count). The number of allylic oxidation sites excluding steroid dienone is 3. The first kappa shape index (κ1) is 21.8. The number of amides is 2. The molecule has 0 aliphatic heterocycles. The second-order valence-corrected chi connectivity index (χ2v) is 8.53. The molecule has 5 heteroatoms. The summed E-state index contributed by atoms with van der Waals surface area (Å²) in [5, 5.41) is 0. The monoisotopic (exact) mass is 377 g/mol. The number of carbonyl (C=O) groups excluding carboxylic acids is 1. The number of nitrogens with two attached hydrogens (primary N) is 2. The van der Waals surface area contributed by atoms with Gasteiger partial charge in [-0.05, 0) is 50.5 Å². The molecule has 0 bridgehead atoms. The van der Waals surface area contributed by atoms with Gasteiger partial charge in [-0.3, -0.25) is 0 Å². The molecule has 1 unspecified atom stereocenters. The van der Waals surface area contributed by atoms with E-state index in [-0.39, 0.29) is 17.6 Å². The highest BCUT2D eigenvalue weighted by Gasteiger charge is 2.42. The first-order chi connectivity index (χ1) is 12.9. The second kappa shape index (κ2) is 10.2. The van der Waals surface area contributed by atoms with Crippen LogP contribution in [0.2, 0.25) is 0 Å². The Morgan fingerprint density at radius 3 is 2.44 bits per heavy atom. The smallest absolute Gasteiger partial charge is 0.314 e. The summed E-state index contributed by atoms with van der Waals surface area (Å²) in [6, 6.07) is -0.0633. The molecule has 0 saturated heterocycles. The third-order valence-corrected chi connectivity index (χ3v) is 6.25. The lowest BCUT2D eigenvalue weighted by atomic mass is 9.64. The van der Waals surface area contributed by atoms with Gasteiger partial charge >= 0.3 is 6.03 Å². The summed E-state index contributed by atoms with van der Waals surface area (Å²) in [7, 11) is 1.79. The van der Waals surface area contributed by atoms with Crippen LogP contribution in [0.5, 0.6) is 0 Å². The normalized spacial score (nSPS) is 28.1. The van der Waals surface area contributed by atoms with E-state index < -0.39 is 0 Å². The maximum Gasteiger partial charge on any atom is 0.314 e.